The minimum Gasteiger partial charge on any atom is -0.455 e. The Kier molecular flexibility index (Phi) is 7.47. The van der Waals surface area contributed by atoms with Gasteiger partial charge in [-0.1, -0.05) is 164 Å². The summed E-state index contributed by atoms with van der Waals surface area (Å²) in [4.78, 5) is 9.96. The molecule has 0 unspecified atom stereocenters. The van der Waals surface area contributed by atoms with Gasteiger partial charge >= 0.3 is 0 Å². The number of fused-ring (bicyclic) bond motifs is 5. The Balaban J connectivity index is 1.00. The molecule has 3 heteroatoms. The van der Waals surface area contributed by atoms with Gasteiger partial charge in [-0.05, 0) is 69.1 Å². The first kappa shape index (κ1) is 30.7. The van der Waals surface area contributed by atoms with Crippen molar-refractivity contribution in [3.05, 3.63) is 194 Å². The van der Waals surface area contributed by atoms with E-state index >= 15 is 0 Å². The molecule has 0 aliphatic rings. The minimum absolute atomic E-state index is 0.713. The summed E-state index contributed by atoms with van der Waals surface area (Å²) in [6.45, 7) is 0. The van der Waals surface area contributed by atoms with Crippen molar-refractivity contribution in [1.29, 1.82) is 0 Å². The molecule has 53 heavy (non-hydrogen) atoms. The molecule has 0 bridgehead atoms. The smallest absolute Gasteiger partial charge is 0.160 e. The third-order valence-electron chi connectivity index (χ3n) is 10.1. The van der Waals surface area contributed by atoms with Gasteiger partial charge in [-0.15, -0.1) is 0 Å². The van der Waals surface area contributed by atoms with Crippen LogP contribution in [0.2, 0.25) is 0 Å². The van der Waals surface area contributed by atoms with Crippen LogP contribution < -0.4 is 0 Å². The maximum Gasteiger partial charge on any atom is 0.160 e. The molecule has 2 heterocycles. The first-order valence-corrected chi connectivity index (χ1v) is 17.9. The highest BCUT2D eigenvalue weighted by molar-refractivity contribution is 6.19. The van der Waals surface area contributed by atoms with Crippen molar-refractivity contribution in [2.45, 2.75) is 0 Å². The van der Waals surface area contributed by atoms with E-state index in [-0.39, 0.29) is 0 Å². The number of aromatic nitrogens is 2. The summed E-state index contributed by atoms with van der Waals surface area (Å²) in [6, 6.07) is 67.9. The van der Waals surface area contributed by atoms with Crippen LogP contribution in [0.5, 0.6) is 0 Å². The molecule has 3 nitrogen and oxygen atoms in total. The van der Waals surface area contributed by atoms with Gasteiger partial charge in [-0.3, -0.25) is 0 Å². The minimum atomic E-state index is 0.713. The van der Waals surface area contributed by atoms with Crippen LogP contribution >= 0.6 is 0 Å². The maximum absolute atomic E-state index is 6.65. The molecule has 2 aromatic heterocycles. The molecule has 0 saturated carbocycles. The predicted octanol–water partition coefficient (Wildman–Crippen LogP) is 13.5. The van der Waals surface area contributed by atoms with Gasteiger partial charge < -0.3 is 4.42 Å². The lowest BCUT2D eigenvalue weighted by molar-refractivity contribution is 0.673. The fraction of sp³-hybridized carbons (Fsp3) is 0. The van der Waals surface area contributed by atoms with Crippen molar-refractivity contribution < 1.29 is 4.42 Å². The standard InChI is InChI=1S/C50H32N2O/c1-4-13-34(14-5-1)44-31-45-42-28-27-40(30-48(42)53-49(45)43-22-11-10-21-41(43)44)39-20-12-19-38(29-39)33-23-25-36(26-24-33)47-32-46(35-15-6-2-7-16-35)51-50(52-47)37-17-8-3-9-18-37/h1-32H. The molecule has 0 N–H and O–H groups in total. The Labute approximate surface area is 307 Å². The predicted molar refractivity (Wildman–Crippen MR) is 219 cm³/mol. The maximum atomic E-state index is 6.65. The Morgan fingerprint density at radius 2 is 0.811 bits per heavy atom. The van der Waals surface area contributed by atoms with E-state index in [0.717, 1.165) is 77.7 Å². The molecular formula is C50H32N2O. The summed E-state index contributed by atoms with van der Waals surface area (Å²) in [5.74, 6) is 0.713. The average molecular weight is 677 g/mol. The monoisotopic (exact) mass is 676 g/mol. The number of rotatable bonds is 6. The average Bonchev–Trinajstić information content (AvgIpc) is 3.62. The lowest BCUT2D eigenvalue weighted by Gasteiger charge is -2.10. The molecular weight excluding hydrogens is 645 g/mol. The van der Waals surface area contributed by atoms with Crippen molar-refractivity contribution in [2.24, 2.45) is 0 Å². The van der Waals surface area contributed by atoms with E-state index < -0.39 is 0 Å². The first-order chi connectivity index (χ1) is 26.2. The van der Waals surface area contributed by atoms with Crippen molar-refractivity contribution >= 4 is 32.7 Å². The van der Waals surface area contributed by atoms with Gasteiger partial charge in [-0.2, -0.15) is 0 Å². The second-order valence-corrected chi connectivity index (χ2v) is 13.4. The first-order valence-electron chi connectivity index (χ1n) is 17.9. The zero-order valence-corrected chi connectivity index (χ0v) is 28.8. The summed E-state index contributed by atoms with van der Waals surface area (Å²) in [5, 5.41) is 4.57. The Morgan fingerprint density at radius 3 is 1.51 bits per heavy atom. The van der Waals surface area contributed by atoms with Gasteiger partial charge in [0, 0.05) is 32.8 Å². The van der Waals surface area contributed by atoms with E-state index in [1.807, 2.05) is 36.4 Å². The van der Waals surface area contributed by atoms with Crippen LogP contribution in [-0.4, -0.2) is 9.97 Å². The molecule has 10 aromatic rings. The fourth-order valence-corrected chi connectivity index (χ4v) is 7.41. The second-order valence-electron chi connectivity index (χ2n) is 13.4. The lowest BCUT2D eigenvalue weighted by Crippen LogP contribution is -1.95. The number of furan rings is 1. The van der Waals surface area contributed by atoms with Crippen LogP contribution in [0.25, 0.3) is 100.0 Å². The summed E-state index contributed by atoms with van der Waals surface area (Å²) in [5.41, 5.74) is 13.7. The Bertz CT molecular complexity index is 2860. The summed E-state index contributed by atoms with van der Waals surface area (Å²) in [6.07, 6.45) is 0. The number of hydrogen-bond acceptors (Lipinski definition) is 3. The topological polar surface area (TPSA) is 38.9 Å². The molecule has 10 rings (SSSR count). The van der Waals surface area contributed by atoms with Crippen molar-refractivity contribution in [3.8, 4) is 67.3 Å². The van der Waals surface area contributed by atoms with E-state index in [0.29, 0.717) is 5.82 Å². The van der Waals surface area contributed by atoms with Gasteiger partial charge in [0.25, 0.3) is 0 Å². The largest absolute Gasteiger partial charge is 0.455 e. The van der Waals surface area contributed by atoms with Gasteiger partial charge in [0.1, 0.15) is 11.2 Å². The van der Waals surface area contributed by atoms with Crippen LogP contribution in [-0.2, 0) is 0 Å². The fourth-order valence-electron chi connectivity index (χ4n) is 7.41. The summed E-state index contributed by atoms with van der Waals surface area (Å²) in [7, 11) is 0. The normalized spacial score (nSPS) is 11.4. The Morgan fingerprint density at radius 1 is 0.302 bits per heavy atom. The highest BCUT2D eigenvalue weighted by Crippen LogP contribution is 2.41. The summed E-state index contributed by atoms with van der Waals surface area (Å²) < 4.78 is 6.65. The van der Waals surface area contributed by atoms with Gasteiger partial charge in [-0.25, -0.2) is 9.97 Å². The molecule has 0 aliphatic carbocycles. The van der Waals surface area contributed by atoms with Crippen LogP contribution in [0.4, 0.5) is 0 Å². The SMILES string of the molecule is c1ccc(-c2cc(-c3ccc(-c4cccc(-c5ccc6c(c5)oc5c7ccccc7c(-c7ccccc7)cc65)c4)cc3)nc(-c3ccccc3)n2)cc1. The van der Waals surface area contributed by atoms with Crippen molar-refractivity contribution in [3.63, 3.8) is 0 Å². The number of nitrogens with zero attached hydrogens (tertiary/aromatic N) is 2. The molecule has 0 aliphatic heterocycles. The van der Waals surface area contributed by atoms with Crippen LogP contribution in [0, 0.1) is 0 Å². The van der Waals surface area contributed by atoms with Gasteiger partial charge in [0.2, 0.25) is 0 Å². The molecule has 8 aromatic carbocycles. The molecule has 248 valence electrons. The molecule has 0 saturated heterocycles. The quantitative estimate of drug-likeness (QED) is 0.176. The van der Waals surface area contributed by atoms with Crippen molar-refractivity contribution in [2.75, 3.05) is 0 Å². The highest BCUT2D eigenvalue weighted by atomic mass is 16.3. The molecule has 0 spiro atoms. The van der Waals surface area contributed by atoms with E-state index in [4.69, 9.17) is 14.4 Å². The van der Waals surface area contributed by atoms with E-state index in [2.05, 4.69) is 158 Å². The summed E-state index contributed by atoms with van der Waals surface area (Å²) >= 11 is 0. The lowest BCUT2D eigenvalue weighted by atomic mass is 9.95. The highest BCUT2D eigenvalue weighted by Gasteiger charge is 2.16. The van der Waals surface area contributed by atoms with Gasteiger partial charge in [0.05, 0.1) is 11.4 Å². The van der Waals surface area contributed by atoms with E-state index in [9.17, 15) is 0 Å². The van der Waals surface area contributed by atoms with E-state index in [1.54, 1.807) is 0 Å². The number of hydrogen-bond donors (Lipinski definition) is 0. The zero-order valence-electron chi connectivity index (χ0n) is 28.8. The molecule has 0 amide bonds. The van der Waals surface area contributed by atoms with Crippen LogP contribution in [0.15, 0.2) is 199 Å². The van der Waals surface area contributed by atoms with Crippen LogP contribution in [0.3, 0.4) is 0 Å². The zero-order chi connectivity index (χ0) is 35.1. The third kappa shape index (κ3) is 5.65. The van der Waals surface area contributed by atoms with Crippen molar-refractivity contribution in [1.82, 2.24) is 9.97 Å². The second kappa shape index (κ2) is 12.9. The third-order valence-corrected chi connectivity index (χ3v) is 10.1. The molecule has 0 radical (unpaired) electrons. The molecule has 0 fully saturated rings. The van der Waals surface area contributed by atoms with Crippen LogP contribution in [0.1, 0.15) is 0 Å². The number of benzene rings is 8. The van der Waals surface area contributed by atoms with E-state index in [1.165, 1.54) is 16.5 Å². The van der Waals surface area contributed by atoms with Gasteiger partial charge in [0.15, 0.2) is 5.82 Å². The Hall–Kier alpha value is -7.10. The molecule has 0 atom stereocenters.